The molecule has 0 spiro atoms. The van der Waals surface area contributed by atoms with E-state index in [4.69, 9.17) is 21.4 Å². The first kappa shape index (κ1) is 15.5. The van der Waals surface area contributed by atoms with E-state index in [0.717, 1.165) is 0 Å². The summed E-state index contributed by atoms with van der Waals surface area (Å²) in [6.07, 6.45) is 0.963. The van der Waals surface area contributed by atoms with E-state index in [0.29, 0.717) is 17.3 Å². The van der Waals surface area contributed by atoms with Crippen LogP contribution >= 0.6 is 11.6 Å². The maximum Gasteiger partial charge on any atom is 0.263 e. The van der Waals surface area contributed by atoms with Crippen LogP contribution in [0.2, 0.25) is 5.02 Å². The van der Waals surface area contributed by atoms with Gasteiger partial charge in [-0.1, -0.05) is 23.7 Å². The molecule has 1 atom stereocenters. The number of carbonyl (C=O) groups is 1. The van der Waals surface area contributed by atoms with Crippen LogP contribution in [0, 0.1) is 0 Å². The fourth-order valence-corrected chi connectivity index (χ4v) is 1.80. The highest BCUT2D eigenvalue weighted by Gasteiger charge is 2.20. The molecule has 0 saturated heterocycles. The van der Waals surface area contributed by atoms with Gasteiger partial charge in [-0.05, 0) is 25.1 Å². The van der Waals surface area contributed by atoms with Crippen LogP contribution in [0.15, 0.2) is 36.9 Å². The molecule has 0 aliphatic rings. The molecular weight excluding hydrogens is 266 g/mol. The van der Waals surface area contributed by atoms with Crippen LogP contribution in [-0.4, -0.2) is 41.7 Å². The summed E-state index contributed by atoms with van der Waals surface area (Å²) in [5.74, 6) is 0.338. The molecule has 0 aliphatic carbocycles. The van der Waals surface area contributed by atoms with Crippen LogP contribution in [0.5, 0.6) is 5.75 Å². The van der Waals surface area contributed by atoms with E-state index in [1.165, 1.54) is 4.90 Å². The van der Waals surface area contributed by atoms with E-state index in [1.807, 2.05) is 0 Å². The van der Waals surface area contributed by atoms with Gasteiger partial charge in [-0.2, -0.15) is 0 Å². The Bertz CT molecular complexity index is 436. The molecule has 5 heteroatoms. The van der Waals surface area contributed by atoms with E-state index in [-0.39, 0.29) is 19.1 Å². The first-order chi connectivity index (χ1) is 9.08. The molecular formula is C14H18ClNO3. The van der Waals surface area contributed by atoms with Gasteiger partial charge in [0.15, 0.2) is 6.10 Å². The standard InChI is InChI=1S/C14H18ClNO3/c1-3-7-16(8-9-17)14(18)11(2)19-13-6-4-5-12(15)10-13/h3-6,10-11,17H,1,7-9H2,2H3. The summed E-state index contributed by atoms with van der Waals surface area (Å²) < 4.78 is 5.54. The van der Waals surface area contributed by atoms with Crippen LogP contribution in [0.25, 0.3) is 0 Å². The molecule has 0 aromatic heterocycles. The van der Waals surface area contributed by atoms with Crippen molar-refractivity contribution in [2.24, 2.45) is 0 Å². The molecule has 1 amide bonds. The highest BCUT2D eigenvalue weighted by molar-refractivity contribution is 6.30. The third-order valence-electron chi connectivity index (χ3n) is 2.49. The highest BCUT2D eigenvalue weighted by Crippen LogP contribution is 2.18. The Kier molecular flexibility index (Phi) is 6.39. The Labute approximate surface area is 118 Å². The summed E-state index contributed by atoms with van der Waals surface area (Å²) in [5.41, 5.74) is 0. The number of aliphatic hydroxyl groups excluding tert-OH is 1. The second-order valence-corrected chi connectivity index (χ2v) is 4.45. The van der Waals surface area contributed by atoms with Crippen molar-refractivity contribution in [1.29, 1.82) is 0 Å². The number of carbonyl (C=O) groups excluding carboxylic acids is 1. The number of halogens is 1. The van der Waals surface area contributed by atoms with Gasteiger partial charge in [0.05, 0.1) is 6.61 Å². The van der Waals surface area contributed by atoms with Crippen molar-refractivity contribution in [1.82, 2.24) is 4.90 Å². The van der Waals surface area contributed by atoms with Gasteiger partial charge in [-0.15, -0.1) is 6.58 Å². The number of ether oxygens (including phenoxy) is 1. The Morgan fingerprint density at radius 3 is 2.95 bits per heavy atom. The Morgan fingerprint density at radius 1 is 1.63 bits per heavy atom. The zero-order valence-corrected chi connectivity index (χ0v) is 11.6. The molecule has 0 saturated carbocycles. The minimum atomic E-state index is -0.648. The van der Waals surface area contributed by atoms with Gasteiger partial charge in [-0.3, -0.25) is 4.79 Å². The summed E-state index contributed by atoms with van der Waals surface area (Å²) in [6.45, 7) is 5.79. The van der Waals surface area contributed by atoms with Crippen LogP contribution in [0.3, 0.4) is 0 Å². The normalized spacial score (nSPS) is 11.7. The maximum atomic E-state index is 12.1. The molecule has 1 aromatic rings. The number of amides is 1. The van der Waals surface area contributed by atoms with Crippen LogP contribution in [0.1, 0.15) is 6.92 Å². The van der Waals surface area contributed by atoms with E-state index < -0.39 is 6.10 Å². The van der Waals surface area contributed by atoms with Gasteiger partial charge in [0.2, 0.25) is 0 Å². The van der Waals surface area contributed by atoms with Crippen molar-refractivity contribution in [3.05, 3.63) is 41.9 Å². The Morgan fingerprint density at radius 2 is 2.37 bits per heavy atom. The van der Waals surface area contributed by atoms with Gasteiger partial charge in [-0.25, -0.2) is 0 Å². The quantitative estimate of drug-likeness (QED) is 0.780. The smallest absolute Gasteiger partial charge is 0.263 e. The van der Waals surface area contributed by atoms with Crippen LogP contribution in [-0.2, 0) is 4.79 Å². The number of aliphatic hydroxyl groups is 1. The fourth-order valence-electron chi connectivity index (χ4n) is 1.62. The average Bonchev–Trinajstić information content (AvgIpc) is 2.37. The number of hydrogen-bond acceptors (Lipinski definition) is 3. The topological polar surface area (TPSA) is 49.8 Å². The van der Waals surface area contributed by atoms with E-state index in [1.54, 1.807) is 37.3 Å². The molecule has 0 bridgehead atoms. The largest absolute Gasteiger partial charge is 0.481 e. The SMILES string of the molecule is C=CCN(CCO)C(=O)C(C)Oc1cccc(Cl)c1. The molecule has 104 valence electrons. The number of benzene rings is 1. The summed E-state index contributed by atoms with van der Waals surface area (Å²) in [4.78, 5) is 13.6. The molecule has 0 radical (unpaired) electrons. The third-order valence-corrected chi connectivity index (χ3v) is 2.72. The van der Waals surface area contributed by atoms with Gasteiger partial charge in [0, 0.05) is 18.1 Å². The number of nitrogens with zero attached hydrogens (tertiary/aromatic N) is 1. The fraction of sp³-hybridized carbons (Fsp3) is 0.357. The zero-order chi connectivity index (χ0) is 14.3. The second-order valence-electron chi connectivity index (χ2n) is 4.01. The van der Waals surface area contributed by atoms with Crippen molar-refractivity contribution in [3.63, 3.8) is 0 Å². The number of rotatable bonds is 7. The van der Waals surface area contributed by atoms with Crippen molar-refractivity contribution < 1.29 is 14.6 Å². The highest BCUT2D eigenvalue weighted by atomic mass is 35.5. The third kappa shape index (κ3) is 4.93. The molecule has 1 aromatic carbocycles. The summed E-state index contributed by atoms with van der Waals surface area (Å²) in [5, 5.41) is 9.48. The maximum absolute atomic E-state index is 12.1. The lowest BCUT2D eigenvalue weighted by Crippen LogP contribution is -2.42. The molecule has 1 N–H and O–H groups in total. The van der Waals surface area contributed by atoms with Crippen molar-refractivity contribution >= 4 is 17.5 Å². The van der Waals surface area contributed by atoms with Gasteiger partial charge >= 0.3 is 0 Å². The van der Waals surface area contributed by atoms with Crippen molar-refractivity contribution in [2.75, 3.05) is 19.7 Å². The predicted octanol–water partition coefficient (Wildman–Crippen LogP) is 2.11. The Balaban J connectivity index is 2.67. The predicted molar refractivity (Wildman–Crippen MR) is 75.4 cm³/mol. The molecule has 19 heavy (non-hydrogen) atoms. The van der Waals surface area contributed by atoms with Gasteiger partial charge in [0.1, 0.15) is 5.75 Å². The lowest BCUT2D eigenvalue weighted by molar-refractivity contribution is -0.137. The van der Waals surface area contributed by atoms with Crippen LogP contribution in [0.4, 0.5) is 0 Å². The Hall–Kier alpha value is -1.52. The zero-order valence-electron chi connectivity index (χ0n) is 10.9. The van der Waals surface area contributed by atoms with Crippen molar-refractivity contribution in [2.45, 2.75) is 13.0 Å². The molecule has 0 aliphatic heterocycles. The average molecular weight is 284 g/mol. The molecule has 1 unspecified atom stereocenters. The molecule has 1 rings (SSSR count). The minimum Gasteiger partial charge on any atom is -0.481 e. The molecule has 4 nitrogen and oxygen atoms in total. The van der Waals surface area contributed by atoms with Crippen LogP contribution < -0.4 is 4.74 Å². The minimum absolute atomic E-state index is 0.0938. The second kappa shape index (κ2) is 7.81. The summed E-state index contributed by atoms with van der Waals surface area (Å²) in [6, 6.07) is 6.87. The molecule has 0 heterocycles. The summed E-state index contributed by atoms with van der Waals surface area (Å²) >= 11 is 5.85. The first-order valence-corrected chi connectivity index (χ1v) is 6.39. The molecule has 0 fully saturated rings. The number of hydrogen-bond donors (Lipinski definition) is 1. The lowest BCUT2D eigenvalue weighted by atomic mass is 10.3. The first-order valence-electron chi connectivity index (χ1n) is 6.01. The lowest BCUT2D eigenvalue weighted by Gasteiger charge is -2.24. The van der Waals surface area contributed by atoms with E-state index in [9.17, 15) is 4.79 Å². The van der Waals surface area contributed by atoms with E-state index in [2.05, 4.69) is 6.58 Å². The summed E-state index contributed by atoms with van der Waals surface area (Å²) in [7, 11) is 0. The van der Waals surface area contributed by atoms with Crippen molar-refractivity contribution in [3.8, 4) is 5.75 Å². The van der Waals surface area contributed by atoms with E-state index >= 15 is 0 Å². The monoisotopic (exact) mass is 283 g/mol. The van der Waals surface area contributed by atoms with Gasteiger partial charge < -0.3 is 14.7 Å². The van der Waals surface area contributed by atoms with Gasteiger partial charge in [0.25, 0.3) is 5.91 Å².